The molecule has 8 nitrogen and oxygen atoms in total. The lowest BCUT2D eigenvalue weighted by atomic mass is 10.1. The van der Waals surface area contributed by atoms with Gasteiger partial charge in [-0.1, -0.05) is 41.4 Å². The first-order chi connectivity index (χ1) is 17.3. The van der Waals surface area contributed by atoms with Crippen molar-refractivity contribution in [1.82, 2.24) is 5.32 Å². The van der Waals surface area contributed by atoms with Gasteiger partial charge in [0.05, 0.1) is 18.4 Å². The number of imide groups is 2. The van der Waals surface area contributed by atoms with E-state index >= 15 is 0 Å². The van der Waals surface area contributed by atoms with Crippen molar-refractivity contribution in [3.63, 3.8) is 0 Å². The van der Waals surface area contributed by atoms with Gasteiger partial charge in [-0.2, -0.15) is 0 Å². The fraction of sp³-hybridized carbons (Fsp3) is 0.0769. The largest absolute Gasteiger partial charge is 0.489 e. The molecule has 36 heavy (non-hydrogen) atoms. The van der Waals surface area contributed by atoms with Gasteiger partial charge in [-0.15, -0.1) is 0 Å². The van der Waals surface area contributed by atoms with Crippen molar-refractivity contribution in [3.05, 3.63) is 99.0 Å². The van der Waals surface area contributed by atoms with Gasteiger partial charge in [-0.3, -0.25) is 14.9 Å². The van der Waals surface area contributed by atoms with E-state index in [1.807, 2.05) is 0 Å². The monoisotopic (exact) mass is 524 g/mol. The molecule has 1 N–H and O–H groups in total. The van der Waals surface area contributed by atoms with Crippen LogP contribution in [-0.4, -0.2) is 30.9 Å². The zero-order valence-corrected chi connectivity index (χ0v) is 20.3. The van der Waals surface area contributed by atoms with Gasteiger partial charge in [0.25, 0.3) is 11.8 Å². The number of hydrogen-bond donors (Lipinski definition) is 1. The SMILES string of the molecule is COC(=O)c1ccc(N2C(=O)NC(=O)/C(=C/c3cccc(OCc4ccc(Cl)cc4Cl)c3)C2=O)cc1. The fourth-order valence-corrected chi connectivity index (χ4v) is 3.88. The van der Waals surface area contributed by atoms with Gasteiger partial charge in [-0.05, 0) is 60.2 Å². The Balaban J connectivity index is 1.56. The average Bonchev–Trinajstić information content (AvgIpc) is 2.86. The van der Waals surface area contributed by atoms with Gasteiger partial charge < -0.3 is 9.47 Å². The summed E-state index contributed by atoms with van der Waals surface area (Å²) in [4.78, 5) is 50.5. The van der Waals surface area contributed by atoms with E-state index in [1.165, 1.54) is 37.5 Å². The summed E-state index contributed by atoms with van der Waals surface area (Å²) in [6.45, 7) is 0.180. The molecule has 0 aliphatic carbocycles. The van der Waals surface area contributed by atoms with Crippen molar-refractivity contribution in [3.8, 4) is 5.75 Å². The van der Waals surface area contributed by atoms with Crippen LogP contribution in [0.25, 0.3) is 6.08 Å². The second-order valence-corrected chi connectivity index (χ2v) is 8.44. The number of halogens is 2. The smallest absolute Gasteiger partial charge is 0.337 e. The molecule has 1 aliphatic heterocycles. The average molecular weight is 525 g/mol. The van der Waals surface area contributed by atoms with Gasteiger partial charge in [-0.25, -0.2) is 14.5 Å². The highest BCUT2D eigenvalue weighted by Gasteiger charge is 2.36. The quantitative estimate of drug-likeness (QED) is 0.275. The number of carbonyl (C=O) groups is 4. The summed E-state index contributed by atoms with van der Waals surface area (Å²) in [6, 6.07) is 16.6. The lowest BCUT2D eigenvalue weighted by molar-refractivity contribution is -0.122. The van der Waals surface area contributed by atoms with Gasteiger partial charge in [0.1, 0.15) is 17.9 Å². The van der Waals surface area contributed by atoms with Crippen LogP contribution in [0.4, 0.5) is 10.5 Å². The van der Waals surface area contributed by atoms with Gasteiger partial charge >= 0.3 is 12.0 Å². The number of amides is 4. The Labute approximate surface area is 216 Å². The second-order valence-electron chi connectivity index (χ2n) is 7.59. The number of nitrogens with one attached hydrogen (secondary N) is 1. The third-order valence-corrected chi connectivity index (χ3v) is 5.81. The van der Waals surface area contributed by atoms with Crippen LogP contribution in [0, 0.1) is 0 Å². The molecule has 0 unspecified atom stereocenters. The van der Waals surface area contributed by atoms with Crippen LogP contribution >= 0.6 is 23.2 Å². The predicted octanol–water partition coefficient (Wildman–Crippen LogP) is 5.03. The van der Waals surface area contributed by atoms with E-state index in [4.69, 9.17) is 27.9 Å². The molecule has 0 bridgehead atoms. The van der Waals surface area contributed by atoms with Crippen LogP contribution in [0.1, 0.15) is 21.5 Å². The molecule has 1 fully saturated rings. The van der Waals surface area contributed by atoms with Crippen molar-refractivity contribution in [1.29, 1.82) is 0 Å². The lowest BCUT2D eigenvalue weighted by Crippen LogP contribution is -2.54. The number of benzene rings is 3. The van der Waals surface area contributed by atoms with Crippen LogP contribution in [-0.2, 0) is 20.9 Å². The summed E-state index contributed by atoms with van der Waals surface area (Å²) in [5.74, 6) is -1.72. The highest BCUT2D eigenvalue weighted by molar-refractivity contribution is 6.39. The highest BCUT2D eigenvalue weighted by atomic mass is 35.5. The molecule has 1 aliphatic rings. The third-order valence-electron chi connectivity index (χ3n) is 5.23. The molecule has 3 aromatic rings. The molecule has 0 radical (unpaired) electrons. The Morgan fingerprint density at radius 3 is 2.44 bits per heavy atom. The molecule has 0 aromatic heterocycles. The van der Waals surface area contributed by atoms with Crippen LogP contribution in [0.15, 0.2) is 72.3 Å². The third kappa shape index (κ3) is 5.40. The van der Waals surface area contributed by atoms with E-state index < -0.39 is 23.8 Å². The maximum absolute atomic E-state index is 13.1. The summed E-state index contributed by atoms with van der Waals surface area (Å²) >= 11 is 12.1. The Morgan fingerprint density at radius 1 is 1.00 bits per heavy atom. The Bertz CT molecular complexity index is 1400. The predicted molar refractivity (Wildman–Crippen MR) is 134 cm³/mol. The standard InChI is InChI=1S/C26H18Cl2N2O6/c1-35-25(33)16-6-9-19(10-7-16)30-24(32)21(23(31)29-26(30)34)12-15-3-2-4-20(11-15)36-14-17-5-8-18(27)13-22(17)28/h2-13H,14H2,1H3,(H,29,31,34)/b21-12-. The maximum atomic E-state index is 13.1. The van der Waals surface area contributed by atoms with Gasteiger partial charge in [0, 0.05) is 15.6 Å². The number of rotatable bonds is 6. The highest BCUT2D eigenvalue weighted by Crippen LogP contribution is 2.25. The molecule has 1 heterocycles. The molecule has 0 atom stereocenters. The van der Waals surface area contributed by atoms with Crippen LogP contribution < -0.4 is 15.0 Å². The van der Waals surface area contributed by atoms with E-state index in [0.717, 1.165) is 10.5 Å². The number of methoxy groups -OCH3 is 1. The number of urea groups is 1. The van der Waals surface area contributed by atoms with Crippen LogP contribution in [0.3, 0.4) is 0 Å². The molecular weight excluding hydrogens is 507 g/mol. The molecule has 4 amide bonds. The molecule has 0 saturated carbocycles. The summed E-state index contributed by atoms with van der Waals surface area (Å²) < 4.78 is 10.4. The zero-order chi connectivity index (χ0) is 25.8. The van der Waals surface area contributed by atoms with E-state index in [-0.39, 0.29) is 23.4 Å². The van der Waals surface area contributed by atoms with Gasteiger partial charge in [0.2, 0.25) is 0 Å². The van der Waals surface area contributed by atoms with E-state index in [1.54, 1.807) is 42.5 Å². The number of esters is 1. The van der Waals surface area contributed by atoms with Crippen LogP contribution in [0.5, 0.6) is 5.75 Å². The summed E-state index contributed by atoms with van der Waals surface area (Å²) in [6.07, 6.45) is 1.36. The Kier molecular flexibility index (Phi) is 7.38. The molecule has 10 heteroatoms. The van der Waals surface area contributed by atoms with E-state index in [9.17, 15) is 19.2 Å². The zero-order valence-electron chi connectivity index (χ0n) is 18.8. The molecule has 0 spiro atoms. The first-order valence-electron chi connectivity index (χ1n) is 10.5. The van der Waals surface area contributed by atoms with E-state index in [2.05, 4.69) is 10.1 Å². The molecule has 182 valence electrons. The minimum absolute atomic E-state index is 0.180. The summed E-state index contributed by atoms with van der Waals surface area (Å²) in [7, 11) is 1.24. The maximum Gasteiger partial charge on any atom is 0.337 e. The number of nitrogens with zero attached hydrogens (tertiary/aromatic N) is 1. The minimum Gasteiger partial charge on any atom is -0.489 e. The topological polar surface area (TPSA) is 102 Å². The number of carbonyl (C=O) groups excluding carboxylic acids is 4. The molecule has 1 saturated heterocycles. The normalized spacial score (nSPS) is 14.6. The number of ether oxygens (including phenoxy) is 2. The second kappa shape index (κ2) is 10.6. The lowest BCUT2D eigenvalue weighted by Gasteiger charge is -2.26. The molecule has 4 rings (SSSR count). The molecular formula is C26H18Cl2N2O6. The van der Waals surface area contributed by atoms with Crippen molar-refractivity contribution >= 4 is 58.8 Å². The van der Waals surface area contributed by atoms with E-state index in [0.29, 0.717) is 21.4 Å². The first kappa shape index (κ1) is 25.0. The first-order valence-corrected chi connectivity index (χ1v) is 11.3. The van der Waals surface area contributed by atoms with Crippen molar-refractivity contribution in [2.45, 2.75) is 6.61 Å². The van der Waals surface area contributed by atoms with Crippen molar-refractivity contribution in [2.24, 2.45) is 0 Å². The Hall–Kier alpha value is -4.14. The van der Waals surface area contributed by atoms with Crippen LogP contribution in [0.2, 0.25) is 10.0 Å². The number of barbiturate groups is 1. The van der Waals surface area contributed by atoms with Crippen molar-refractivity contribution < 1.29 is 28.7 Å². The minimum atomic E-state index is -0.898. The fourth-order valence-electron chi connectivity index (χ4n) is 3.42. The van der Waals surface area contributed by atoms with Gasteiger partial charge in [0.15, 0.2) is 0 Å². The Morgan fingerprint density at radius 2 is 1.75 bits per heavy atom. The van der Waals surface area contributed by atoms with Crippen molar-refractivity contribution in [2.75, 3.05) is 12.0 Å². The number of hydrogen-bond acceptors (Lipinski definition) is 6. The summed E-state index contributed by atoms with van der Waals surface area (Å²) in [5.41, 5.74) is 1.42. The molecule has 3 aromatic carbocycles. The number of anilines is 1. The summed E-state index contributed by atoms with van der Waals surface area (Å²) in [5, 5.41) is 3.14.